The van der Waals surface area contributed by atoms with Crippen LogP contribution in [0, 0.1) is 0 Å². The highest BCUT2D eigenvalue weighted by molar-refractivity contribution is 7.99. The van der Waals surface area contributed by atoms with Crippen molar-refractivity contribution in [2.75, 3.05) is 11.5 Å². The van der Waals surface area contributed by atoms with E-state index in [1.807, 2.05) is 0 Å². The number of benzene rings is 1. The molecule has 0 unspecified atom stereocenters. The number of hydrogen-bond acceptors (Lipinski definition) is 8. The number of hydrogen-bond donors (Lipinski definition) is 2. The first-order chi connectivity index (χ1) is 11.2. The lowest BCUT2D eigenvalue weighted by Gasteiger charge is -2.05. The lowest BCUT2D eigenvalue weighted by molar-refractivity contribution is 0.479. The molecule has 2 aromatic rings. The molecule has 1 aromatic heterocycles. The molecule has 0 bridgehead atoms. The number of nitrogens with zero attached hydrogens (tertiary/aromatic N) is 4. The molecule has 0 aliphatic rings. The van der Waals surface area contributed by atoms with E-state index in [0.717, 1.165) is 0 Å². The van der Waals surface area contributed by atoms with Crippen molar-refractivity contribution in [3.05, 3.63) is 24.3 Å². The molecule has 10 nitrogen and oxygen atoms in total. The Labute approximate surface area is 142 Å². The Morgan fingerprint density at radius 3 is 2.54 bits per heavy atom. The minimum Gasteiger partial charge on any atom is -0.286 e. The number of unbranched alkanes of at least 4 members (excludes halogenated alkanes) is 1. The van der Waals surface area contributed by atoms with Crippen LogP contribution in [0.2, 0.25) is 0 Å². The van der Waals surface area contributed by atoms with Gasteiger partial charge in [-0.2, -0.15) is 21.5 Å². The van der Waals surface area contributed by atoms with E-state index in [0.29, 0.717) is 29.4 Å². The lowest BCUT2D eigenvalue weighted by Crippen LogP contribution is -2.04. The van der Waals surface area contributed by atoms with Crippen molar-refractivity contribution in [1.29, 1.82) is 0 Å². The molecule has 1 heterocycles. The van der Waals surface area contributed by atoms with Crippen molar-refractivity contribution in [1.82, 2.24) is 20.2 Å². The van der Waals surface area contributed by atoms with Crippen molar-refractivity contribution in [2.24, 2.45) is 0 Å². The van der Waals surface area contributed by atoms with E-state index in [1.165, 1.54) is 34.6 Å². The number of rotatable bonds is 8. The van der Waals surface area contributed by atoms with Crippen LogP contribution < -0.4 is 0 Å². The summed E-state index contributed by atoms with van der Waals surface area (Å²) < 4.78 is 62.6. The predicted octanol–water partition coefficient (Wildman–Crippen LogP) is 0.669. The molecule has 0 fully saturated rings. The smallest absolute Gasteiger partial charge is 0.286 e. The molecule has 0 spiro atoms. The van der Waals surface area contributed by atoms with Crippen LogP contribution in [0.25, 0.3) is 5.69 Å². The maximum Gasteiger partial charge on any atom is 0.294 e. The molecule has 132 valence electrons. The number of tetrazole rings is 1. The summed E-state index contributed by atoms with van der Waals surface area (Å²) in [5, 5.41) is 11.5. The third kappa shape index (κ3) is 5.52. The monoisotopic (exact) mass is 394 g/mol. The average molecular weight is 394 g/mol. The topological polar surface area (TPSA) is 152 Å². The van der Waals surface area contributed by atoms with Crippen LogP contribution >= 0.6 is 11.8 Å². The quantitative estimate of drug-likeness (QED) is 0.371. The second-order valence-electron chi connectivity index (χ2n) is 4.69. The van der Waals surface area contributed by atoms with Crippen LogP contribution in [0.15, 0.2) is 34.3 Å². The SMILES string of the molecule is O=S(=O)(O)CCCCSc1nnnn1-c1cccc(S(=O)(=O)O)c1. The van der Waals surface area contributed by atoms with Crippen LogP contribution in [-0.2, 0) is 20.2 Å². The van der Waals surface area contributed by atoms with Crippen molar-refractivity contribution < 1.29 is 25.9 Å². The molecule has 24 heavy (non-hydrogen) atoms. The highest BCUT2D eigenvalue weighted by atomic mass is 32.2. The number of thioether (sulfide) groups is 1. The zero-order chi connectivity index (χ0) is 17.8. The molecule has 13 heteroatoms. The van der Waals surface area contributed by atoms with Gasteiger partial charge in [0, 0.05) is 5.75 Å². The van der Waals surface area contributed by atoms with E-state index >= 15 is 0 Å². The maximum atomic E-state index is 11.2. The van der Waals surface area contributed by atoms with E-state index in [9.17, 15) is 16.8 Å². The van der Waals surface area contributed by atoms with Gasteiger partial charge in [0.2, 0.25) is 5.16 Å². The van der Waals surface area contributed by atoms with Crippen molar-refractivity contribution in [2.45, 2.75) is 22.9 Å². The van der Waals surface area contributed by atoms with Gasteiger partial charge in [-0.3, -0.25) is 9.11 Å². The van der Waals surface area contributed by atoms with Crippen molar-refractivity contribution in [3.8, 4) is 5.69 Å². The lowest BCUT2D eigenvalue weighted by atomic mass is 10.3. The molecular weight excluding hydrogens is 380 g/mol. The van der Waals surface area contributed by atoms with Crippen LogP contribution in [0.1, 0.15) is 12.8 Å². The zero-order valence-electron chi connectivity index (χ0n) is 12.2. The molecule has 2 N–H and O–H groups in total. The van der Waals surface area contributed by atoms with Crippen molar-refractivity contribution >= 4 is 32.0 Å². The van der Waals surface area contributed by atoms with Crippen LogP contribution in [0.3, 0.4) is 0 Å². The van der Waals surface area contributed by atoms with Gasteiger partial charge in [0.05, 0.1) is 16.3 Å². The van der Waals surface area contributed by atoms with Crippen LogP contribution in [-0.4, -0.2) is 57.7 Å². The van der Waals surface area contributed by atoms with E-state index in [4.69, 9.17) is 9.11 Å². The Bertz CT molecular complexity index is 909. The Hall–Kier alpha value is -1.54. The Morgan fingerprint density at radius 1 is 1.12 bits per heavy atom. The molecule has 1 aromatic carbocycles. The molecule has 0 amide bonds. The van der Waals surface area contributed by atoms with Gasteiger partial charge >= 0.3 is 0 Å². The summed E-state index contributed by atoms with van der Waals surface area (Å²) in [5.74, 6) is 0.197. The van der Waals surface area contributed by atoms with E-state index in [2.05, 4.69) is 15.5 Å². The highest BCUT2D eigenvalue weighted by Gasteiger charge is 2.14. The largest absolute Gasteiger partial charge is 0.294 e. The van der Waals surface area contributed by atoms with Crippen LogP contribution in [0.5, 0.6) is 0 Å². The van der Waals surface area contributed by atoms with Gasteiger partial charge < -0.3 is 0 Å². The first-order valence-corrected chi connectivity index (χ1v) is 10.6. The molecule has 0 saturated heterocycles. The molecular formula is C11H14N4O6S3. The third-order valence-corrected chi connectivity index (χ3v) is 5.49. The summed E-state index contributed by atoms with van der Waals surface area (Å²) in [5.41, 5.74) is 0.357. The minimum atomic E-state index is -4.34. The van der Waals surface area contributed by atoms with Crippen LogP contribution in [0.4, 0.5) is 0 Å². The summed E-state index contributed by atoms with van der Waals surface area (Å²) in [6, 6.07) is 5.49. The Kier molecular flexibility index (Phi) is 5.92. The predicted molar refractivity (Wildman–Crippen MR) is 85.3 cm³/mol. The van der Waals surface area contributed by atoms with E-state index in [-0.39, 0.29) is 10.6 Å². The molecule has 0 aliphatic heterocycles. The summed E-state index contributed by atoms with van der Waals surface area (Å²) in [4.78, 5) is -0.278. The second kappa shape index (κ2) is 7.57. The second-order valence-corrected chi connectivity index (χ2v) is 8.74. The first-order valence-electron chi connectivity index (χ1n) is 6.61. The summed E-state index contributed by atoms with van der Waals surface area (Å²) in [6.45, 7) is 0. The molecule has 0 saturated carbocycles. The normalized spacial score (nSPS) is 12.4. The van der Waals surface area contributed by atoms with Gasteiger partial charge in [-0.05, 0) is 41.5 Å². The molecule has 0 atom stereocenters. The zero-order valence-corrected chi connectivity index (χ0v) is 14.6. The fourth-order valence-corrected chi connectivity index (χ4v) is 3.74. The molecule has 0 aliphatic carbocycles. The Morgan fingerprint density at radius 2 is 1.88 bits per heavy atom. The third-order valence-electron chi connectivity index (χ3n) is 2.83. The van der Waals surface area contributed by atoms with E-state index in [1.54, 1.807) is 6.07 Å². The number of aromatic nitrogens is 4. The standard InChI is InChI=1S/C11H14N4O6S3/c16-23(17,18)7-2-1-6-22-11-12-13-14-15(11)9-4-3-5-10(8-9)24(19,20)21/h3-5,8H,1-2,6-7H2,(H,16,17,18)(H,19,20,21). The first kappa shape index (κ1) is 18.8. The molecule has 0 radical (unpaired) electrons. The summed E-state index contributed by atoms with van der Waals surface area (Å²) >= 11 is 1.25. The average Bonchev–Trinajstić information content (AvgIpc) is 2.93. The highest BCUT2D eigenvalue weighted by Crippen LogP contribution is 2.21. The van der Waals surface area contributed by atoms with Gasteiger partial charge in [0.1, 0.15) is 0 Å². The fraction of sp³-hybridized carbons (Fsp3) is 0.364. The van der Waals surface area contributed by atoms with Crippen molar-refractivity contribution in [3.63, 3.8) is 0 Å². The minimum absolute atomic E-state index is 0.278. The van der Waals surface area contributed by atoms with Gasteiger partial charge in [0.15, 0.2) is 0 Å². The Balaban J connectivity index is 2.05. The van der Waals surface area contributed by atoms with Gasteiger partial charge in [-0.1, -0.05) is 17.8 Å². The van der Waals surface area contributed by atoms with Gasteiger partial charge in [-0.15, -0.1) is 5.10 Å². The van der Waals surface area contributed by atoms with Gasteiger partial charge in [0.25, 0.3) is 20.2 Å². The summed E-state index contributed by atoms with van der Waals surface area (Å²) in [6.07, 6.45) is 0.814. The summed E-state index contributed by atoms with van der Waals surface area (Å²) in [7, 11) is -8.30. The maximum absolute atomic E-state index is 11.2. The van der Waals surface area contributed by atoms with E-state index < -0.39 is 20.2 Å². The fourth-order valence-electron chi connectivity index (χ4n) is 1.76. The molecule has 2 rings (SSSR count). The van der Waals surface area contributed by atoms with Gasteiger partial charge in [-0.25, -0.2) is 0 Å².